The van der Waals surface area contributed by atoms with Crippen LogP contribution in [0.5, 0.6) is 0 Å². The highest BCUT2D eigenvalue weighted by molar-refractivity contribution is 5.74. The molecule has 1 aliphatic heterocycles. The first-order chi connectivity index (χ1) is 7.63. The molecular formula is C14H28N2O. The second kappa shape index (κ2) is 4.97. The molecule has 1 saturated heterocycles. The molecule has 0 N–H and O–H groups in total. The molecule has 0 radical (unpaired) electrons. The van der Waals surface area contributed by atoms with Crippen molar-refractivity contribution in [3.63, 3.8) is 0 Å². The summed E-state index contributed by atoms with van der Waals surface area (Å²) in [6.07, 6.45) is 1.30. The van der Waals surface area contributed by atoms with Gasteiger partial charge in [0.05, 0.1) is 6.17 Å². The molecule has 1 amide bonds. The monoisotopic (exact) mass is 240 g/mol. The summed E-state index contributed by atoms with van der Waals surface area (Å²) in [5.41, 5.74) is 0.246. The predicted molar refractivity (Wildman–Crippen MR) is 71.7 cm³/mol. The van der Waals surface area contributed by atoms with Crippen LogP contribution in [0.25, 0.3) is 0 Å². The Hall–Kier alpha value is -0.570. The minimum absolute atomic E-state index is 0.203. The van der Waals surface area contributed by atoms with Gasteiger partial charge in [-0.25, -0.2) is 0 Å². The third kappa shape index (κ3) is 3.44. The van der Waals surface area contributed by atoms with Gasteiger partial charge in [-0.1, -0.05) is 20.8 Å². The highest BCUT2D eigenvalue weighted by Gasteiger charge is 2.41. The molecular weight excluding hydrogens is 212 g/mol. The maximum atomic E-state index is 11.8. The Bertz CT molecular complexity index is 280. The van der Waals surface area contributed by atoms with Crippen LogP contribution in [0.3, 0.4) is 0 Å². The van der Waals surface area contributed by atoms with Crippen molar-refractivity contribution in [1.29, 1.82) is 0 Å². The summed E-state index contributed by atoms with van der Waals surface area (Å²) in [6.45, 7) is 15.9. The van der Waals surface area contributed by atoms with Gasteiger partial charge in [0, 0.05) is 25.6 Å². The van der Waals surface area contributed by atoms with Crippen molar-refractivity contribution in [2.75, 3.05) is 6.54 Å². The van der Waals surface area contributed by atoms with Gasteiger partial charge in [0.25, 0.3) is 0 Å². The van der Waals surface area contributed by atoms with Gasteiger partial charge in [-0.3, -0.25) is 9.69 Å². The molecule has 0 bridgehead atoms. The number of nitrogens with zero attached hydrogens (tertiary/aromatic N) is 2. The predicted octanol–water partition coefficient (Wildman–Crippen LogP) is 2.71. The van der Waals surface area contributed by atoms with Crippen molar-refractivity contribution in [2.45, 2.75) is 73.1 Å². The van der Waals surface area contributed by atoms with Gasteiger partial charge < -0.3 is 4.90 Å². The molecule has 3 heteroatoms. The van der Waals surface area contributed by atoms with Gasteiger partial charge in [-0.15, -0.1) is 0 Å². The molecule has 100 valence electrons. The van der Waals surface area contributed by atoms with Crippen molar-refractivity contribution in [3.05, 3.63) is 0 Å². The molecule has 0 aromatic carbocycles. The van der Waals surface area contributed by atoms with Crippen molar-refractivity contribution in [3.8, 4) is 0 Å². The lowest BCUT2D eigenvalue weighted by Crippen LogP contribution is -2.47. The first kappa shape index (κ1) is 14.5. The molecule has 1 unspecified atom stereocenters. The van der Waals surface area contributed by atoms with Crippen LogP contribution in [0, 0.1) is 5.41 Å². The molecule has 17 heavy (non-hydrogen) atoms. The zero-order chi connectivity index (χ0) is 13.4. The lowest BCUT2D eigenvalue weighted by atomic mass is 9.90. The van der Waals surface area contributed by atoms with E-state index in [9.17, 15) is 4.79 Å². The topological polar surface area (TPSA) is 23.6 Å². The largest absolute Gasteiger partial charge is 0.326 e. The maximum Gasteiger partial charge on any atom is 0.220 e. The summed E-state index contributed by atoms with van der Waals surface area (Å²) >= 11 is 0. The van der Waals surface area contributed by atoms with E-state index in [0.717, 1.165) is 13.0 Å². The first-order valence-electron chi connectivity index (χ1n) is 6.68. The second-order valence-corrected chi connectivity index (χ2v) is 6.81. The fourth-order valence-corrected chi connectivity index (χ4v) is 2.91. The van der Waals surface area contributed by atoms with E-state index in [1.54, 1.807) is 6.92 Å². The SMILES string of the molecule is CC(=O)N1C[C@H](C)N(C(C)C)C1CC(C)(C)C. The Morgan fingerprint density at radius 2 is 1.88 bits per heavy atom. The molecule has 1 fully saturated rings. The molecule has 1 aliphatic rings. The fourth-order valence-electron chi connectivity index (χ4n) is 2.91. The number of carbonyl (C=O) groups excluding carboxylic acids is 1. The van der Waals surface area contributed by atoms with Crippen molar-refractivity contribution in [1.82, 2.24) is 9.80 Å². The van der Waals surface area contributed by atoms with Crippen LogP contribution in [0.1, 0.15) is 54.9 Å². The highest BCUT2D eigenvalue weighted by atomic mass is 16.2. The van der Waals surface area contributed by atoms with Crippen LogP contribution in [0.4, 0.5) is 0 Å². The molecule has 1 rings (SSSR count). The Morgan fingerprint density at radius 3 is 2.24 bits per heavy atom. The van der Waals surface area contributed by atoms with Crippen LogP contribution in [-0.2, 0) is 4.79 Å². The number of carbonyl (C=O) groups is 1. The number of hydrogen-bond acceptors (Lipinski definition) is 2. The fraction of sp³-hybridized carbons (Fsp3) is 0.929. The van der Waals surface area contributed by atoms with E-state index in [1.807, 2.05) is 4.90 Å². The van der Waals surface area contributed by atoms with E-state index in [2.05, 4.69) is 46.4 Å². The summed E-state index contributed by atoms with van der Waals surface area (Å²) in [7, 11) is 0. The standard InChI is InChI=1S/C14H28N2O/c1-10(2)16-11(3)9-15(12(4)17)13(16)8-14(5,6)7/h10-11,13H,8-9H2,1-7H3/t11-,13?/m0/s1. The van der Waals surface area contributed by atoms with Crippen LogP contribution >= 0.6 is 0 Å². The summed E-state index contributed by atoms with van der Waals surface area (Å²) in [6, 6.07) is 0.952. The van der Waals surface area contributed by atoms with E-state index in [1.165, 1.54) is 0 Å². The second-order valence-electron chi connectivity index (χ2n) is 6.81. The zero-order valence-corrected chi connectivity index (χ0v) is 12.4. The van der Waals surface area contributed by atoms with E-state index >= 15 is 0 Å². The Morgan fingerprint density at radius 1 is 1.35 bits per heavy atom. The van der Waals surface area contributed by atoms with E-state index < -0.39 is 0 Å². The van der Waals surface area contributed by atoms with Crippen LogP contribution in [-0.4, -0.2) is 40.5 Å². The van der Waals surface area contributed by atoms with Crippen molar-refractivity contribution < 1.29 is 4.79 Å². The average molecular weight is 240 g/mol. The summed E-state index contributed by atoms with van der Waals surface area (Å²) in [5, 5.41) is 0. The molecule has 0 aromatic heterocycles. The maximum absolute atomic E-state index is 11.8. The summed E-state index contributed by atoms with van der Waals surface area (Å²) in [5.74, 6) is 0.203. The minimum atomic E-state index is 0.203. The lowest BCUT2D eigenvalue weighted by molar-refractivity contribution is -0.132. The first-order valence-corrected chi connectivity index (χ1v) is 6.68. The van der Waals surface area contributed by atoms with Gasteiger partial charge in [-0.2, -0.15) is 0 Å². The molecule has 0 saturated carbocycles. The van der Waals surface area contributed by atoms with Crippen LogP contribution < -0.4 is 0 Å². The Balaban J connectivity index is 2.93. The number of rotatable bonds is 2. The quantitative estimate of drug-likeness (QED) is 0.741. The van der Waals surface area contributed by atoms with Gasteiger partial charge in [0.15, 0.2) is 0 Å². The van der Waals surface area contributed by atoms with Gasteiger partial charge in [0.2, 0.25) is 5.91 Å². The molecule has 1 heterocycles. The van der Waals surface area contributed by atoms with Gasteiger partial charge in [0.1, 0.15) is 0 Å². The average Bonchev–Trinajstić information content (AvgIpc) is 2.39. The number of hydrogen-bond donors (Lipinski definition) is 0. The van der Waals surface area contributed by atoms with E-state index in [-0.39, 0.29) is 17.5 Å². The normalized spacial score (nSPS) is 26.9. The van der Waals surface area contributed by atoms with E-state index in [0.29, 0.717) is 12.1 Å². The zero-order valence-electron chi connectivity index (χ0n) is 12.4. The van der Waals surface area contributed by atoms with Crippen LogP contribution in [0.2, 0.25) is 0 Å². The molecule has 0 aliphatic carbocycles. The summed E-state index contributed by atoms with van der Waals surface area (Å²) < 4.78 is 0. The van der Waals surface area contributed by atoms with Crippen molar-refractivity contribution in [2.24, 2.45) is 5.41 Å². The highest BCUT2D eigenvalue weighted by Crippen LogP contribution is 2.32. The molecule has 2 atom stereocenters. The van der Waals surface area contributed by atoms with Gasteiger partial charge >= 0.3 is 0 Å². The van der Waals surface area contributed by atoms with Crippen molar-refractivity contribution >= 4 is 5.91 Å². The Labute approximate surface area is 106 Å². The Kier molecular flexibility index (Phi) is 4.23. The third-order valence-corrected chi connectivity index (χ3v) is 3.47. The lowest BCUT2D eigenvalue weighted by Gasteiger charge is -2.37. The third-order valence-electron chi connectivity index (χ3n) is 3.47. The van der Waals surface area contributed by atoms with Gasteiger partial charge in [-0.05, 0) is 32.6 Å². The summed E-state index contributed by atoms with van der Waals surface area (Å²) in [4.78, 5) is 16.3. The molecule has 3 nitrogen and oxygen atoms in total. The molecule has 0 aromatic rings. The minimum Gasteiger partial charge on any atom is -0.326 e. The van der Waals surface area contributed by atoms with Crippen LogP contribution in [0.15, 0.2) is 0 Å². The molecule has 0 spiro atoms. The van der Waals surface area contributed by atoms with E-state index in [4.69, 9.17) is 0 Å². The number of amides is 1. The smallest absolute Gasteiger partial charge is 0.220 e.